The fourth-order valence-corrected chi connectivity index (χ4v) is 3.43. The molecule has 138 valence electrons. The number of amides is 1. The van der Waals surface area contributed by atoms with Gasteiger partial charge in [0.1, 0.15) is 6.54 Å². The number of carbonyl (C=O) groups excluding carboxylic acids is 2. The Kier molecular flexibility index (Phi) is 5.40. The van der Waals surface area contributed by atoms with Crippen molar-refractivity contribution in [3.63, 3.8) is 0 Å². The highest BCUT2D eigenvalue weighted by Crippen LogP contribution is 2.19. The Morgan fingerprint density at radius 2 is 1.92 bits per heavy atom. The number of aromatic nitrogens is 1. The maximum Gasteiger partial charge on any atom is 0.309 e. The molecule has 0 spiro atoms. The molecule has 6 nitrogen and oxygen atoms in total. The van der Waals surface area contributed by atoms with Crippen molar-refractivity contribution in [1.29, 1.82) is 0 Å². The Morgan fingerprint density at radius 3 is 2.62 bits per heavy atom. The van der Waals surface area contributed by atoms with Gasteiger partial charge in [-0.15, -0.1) is 0 Å². The number of aryl methyl sites for hydroxylation is 1. The smallest absolute Gasteiger partial charge is 0.309 e. The SMILES string of the molecule is CCOC(=O)C1CCN(C(=O)Cn2ccc(=O)c3cc(C)ccc32)CC1. The summed E-state index contributed by atoms with van der Waals surface area (Å²) in [6.07, 6.45) is 2.94. The normalized spacial score (nSPS) is 15.2. The number of rotatable bonds is 4. The molecule has 3 rings (SSSR count). The van der Waals surface area contributed by atoms with Crippen molar-refractivity contribution in [3.8, 4) is 0 Å². The summed E-state index contributed by atoms with van der Waals surface area (Å²) < 4.78 is 6.88. The first-order valence-corrected chi connectivity index (χ1v) is 9.04. The van der Waals surface area contributed by atoms with Crippen LogP contribution in [0.25, 0.3) is 10.9 Å². The van der Waals surface area contributed by atoms with Crippen molar-refractivity contribution < 1.29 is 14.3 Å². The summed E-state index contributed by atoms with van der Waals surface area (Å²) in [6.45, 7) is 5.42. The van der Waals surface area contributed by atoms with Crippen molar-refractivity contribution >= 4 is 22.8 Å². The van der Waals surface area contributed by atoms with Crippen LogP contribution < -0.4 is 5.43 Å². The van der Waals surface area contributed by atoms with Gasteiger partial charge in [-0.1, -0.05) is 11.6 Å². The van der Waals surface area contributed by atoms with Gasteiger partial charge in [-0.2, -0.15) is 0 Å². The van der Waals surface area contributed by atoms with E-state index in [1.165, 1.54) is 6.07 Å². The lowest BCUT2D eigenvalue weighted by Gasteiger charge is -2.31. The second-order valence-electron chi connectivity index (χ2n) is 6.74. The standard InChI is InChI=1S/C20H24N2O4/c1-3-26-20(25)15-6-9-21(10-7-15)19(24)13-22-11-8-18(23)16-12-14(2)4-5-17(16)22/h4-5,8,11-12,15H,3,6-7,9-10,13H2,1-2H3. The summed E-state index contributed by atoms with van der Waals surface area (Å²) in [5.41, 5.74) is 1.74. The lowest BCUT2D eigenvalue weighted by molar-refractivity contribution is -0.151. The average Bonchev–Trinajstić information content (AvgIpc) is 2.64. The first-order chi connectivity index (χ1) is 12.5. The molecule has 2 heterocycles. The van der Waals surface area contributed by atoms with E-state index < -0.39 is 0 Å². The number of piperidine rings is 1. The fraction of sp³-hybridized carbons (Fsp3) is 0.450. The number of hydrogen-bond acceptors (Lipinski definition) is 4. The van der Waals surface area contributed by atoms with E-state index in [4.69, 9.17) is 4.74 Å². The molecule has 6 heteroatoms. The summed E-state index contributed by atoms with van der Waals surface area (Å²) in [5, 5.41) is 0.626. The van der Waals surface area contributed by atoms with Gasteiger partial charge in [0.15, 0.2) is 5.43 Å². The maximum absolute atomic E-state index is 12.7. The molecule has 1 aliphatic rings. The molecule has 0 aliphatic carbocycles. The van der Waals surface area contributed by atoms with Crippen LogP contribution in [0.1, 0.15) is 25.3 Å². The van der Waals surface area contributed by atoms with Crippen LogP contribution in [0.4, 0.5) is 0 Å². The van der Waals surface area contributed by atoms with Crippen molar-refractivity contribution in [2.75, 3.05) is 19.7 Å². The summed E-state index contributed by atoms with van der Waals surface area (Å²) in [5.74, 6) is -0.283. The van der Waals surface area contributed by atoms with Crippen LogP contribution >= 0.6 is 0 Å². The van der Waals surface area contributed by atoms with E-state index in [2.05, 4.69) is 0 Å². The van der Waals surface area contributed by atoms with Crippen molar-refractivity contribution in [3.05, 3.63) is 46.2 Å². The number of benzene rings is 1. The van der Waals surface area contributed by atoms with Gasteiger partial charge in [-0.3, -0.25) is 14.4 Å². The number of fused-ring (bicyclic) bond motifs is 1. The lowest BCUT2D eigenvalue weighted by atomic mass is 9.97. The van der Waals surface area contributed by atoms with Crippen LogP contribution in [0.15, 0.2) is 35.3 Å². The van der Waals surface area contributed by atoms with E-state index in [1.807, 2.05) is 29.7 Å². The Labute approximate surface area is 152 Å². The molecule has 0 atom stereocenters. The van der Waals surface area contributed by atoms with Gasteiger partial charge >= 0.3 is 5.97 Å². The highest BCUT2D eigenvalue weighted by Gasteiger charge is 2.28. The number of carbonyl (C=O) groups is 2. The zero-order chi connectivity index (χ0) is 18.7. The molecule has 0 N–H and O–H groups in total. The Hall–Kier alpha value is -2.63. The molecule has 1 fully saturated rings. The summed E-state index contributed by atoms with van der Waals surface area (Å²) in [4.78, 5) is 38.3. The molecule has 0 saturated carbocycles. The predicted octanol–water partition coefficient (Wildman–Crippen LogP) is 2.11. The molecule has 0 radical (unpaired) electrons. The summed E-state index contributed by atoms with van der Waals surface area (Å²) in [7, 11) is 0. The molecule has 1 aromatic heterocycles. The molecule has 0 unspecified atom stereocenters. The number of nitrogens with zero attached hydrogens (tertiary/aromatic N) is 2. The number of ether oxygens (including phenoxy) is 1. The quantitative estimate of drug-likeness (QED) is 0.787. The number of hydrogen-bond donors (Lipinski definition) is 0. The monoisotopic (exact) mass is 356 g/mol. The molecule has 0 bridgehead atoms. The zero-order valence-corrected chi connectivity index (χ0v) is 15.2. The molecule has 2 aromatic rings. The third-order valence-electron chi connectivity index (χ3n) is 4.91. The van der Waals surface area contributed by atoms with Crippen LogP contribution in [-0.2, 0) is 20.9 Å². The van der Waals surface area contributed by atoms with Crippen molar-refractivity contribution in [1.82, 2.24) is 9.47 Å². The van der Waals surface area contributed by atoms with Gasteiger partial charge in [0.2, 0.25) is 5.91 Å². The number of esters is 1. The first kappa shape index (κ1) is 18.2. The molecule has 1 aromatic carbocycles. The van der Waals surface area contributed by atoms with Crippen LogP contribution in [0.5, 0.6) is 0 Å². The largest absolute Gasteiger partial charge is 0.466 e. The Morgan fingerprint density at radius 1 is 1.19 bits per heavy atom. The maximum atomic E-state index is 12.7. The summed E-state index contributed by atoms with van der Waals surface area (Å²) in [6, 6.07) is 7.17. The lowest BCUT2D eigenvalue weighted by Crippen LogP contribution is -2.42. The fourth-order valence-electron chi connectivity index (χ4n) is 3.43. The number of likely N-dealkylation sites (tertiary alicyclic amines) is 1. The minimum absolute atomic E-state index is 0.00201. The zero-order valence-electron chi connectivity index (χ0n) is 15.2. The molecule has 26 heavy (non-hydrogen) atoms. The number of pyridine rings is 1. The third kappa shape index (κ3) is 3.79. The molecule has 1 amide bonds. The van der Waals surface area contributed by atoms with Gasteiger partial charge < -0.3 is 14.2 Å². The minimum atomic E-state index is -0.165. The van der Waals surface area contributed by atoms with Gasteiger partial charge in [-0.05, 0) is 38.8 Å². The van der Waals surface area contributed by atoms with Gasteiger partial charge in [0, 0.05) is 30.7 Å². The Balaban J connectivity index is 1.70. The molecular formula is C20H24N2O4. The van der Waals surface area contributed by atoms with E-state index in [0.717, 1.165) is 11.1 Å². The minimum Gasteiger partial charge on any atom is -0.466 e. The second kappa shape index (κ2) is 7.72. The van der Waals surface area contributed by atoms with E-state index in [9.17, 15) is 14.4 Å². The van der Waals surface area contributed by atoms with Gasteiger partial charge in [0.05, 0.1) is 18.0 Å². The van der Waals surface area contributed by atoms with Crippen molar-refractivity contribution in [2.24, 2.45) is 5.92 Å². The third-order valence-corrected chi connectivity index (χ3v) is 4.91. The average molecular weight is 356 g/mol. The highest BCUT2D eigenvalue weighted by molar-refractivity contribution is 5.83. The Bertz CT molecular complexity index is 879. The predicted molar refractivity (Wildman–Crippen MR) is 98.9 cm³/mol. The molecule has 1 aliphatic heterocycles. The highest BCUT2D eigenvalue weighted by atomic mass is 16.5. The second-order valence-corrected chi connectivity index (χ2v) is 6.74. The van der Waals surface area contributed by atoms with E-state index in [-0.39, 0.29) is 29.8 Å². The van der Waals surface area contributed by atoms with Crippen LogP contribution in [0.3, 0.4) is 0 Å². The molecule has 1 saturated heterocycles. The van der Waals surface area contributed by atoms with Crippen LogP contribution in [-0.4, -0.2) is 41.0 Å². The van der Waals surface area contributed by atoms with Gasteiger partial charge in [-0.25, -0.2) is 0 Å². The van der Waals surface area contributed by atoms with E-state index >= 15 is 0 Å². The van der Waals surface area contributed by atoms with Crippen LogP contribution in [0, 0.1) is 12.8 Å². The van der Waals surface area contributed by atoms with E-state index in [1.54, 1.807) is 18.0 Å². The summed E-state index contributed by atoms with van der Waals surface area (Å²) >= 11 is 0. The first-order valence-electron chi connectivity index (χ1n) is 9.04. The topological polar surface area (TPSA) is 68.6 Å². The van der Waals surface area contributed by atoms with Gasteiger partial charge in [0.25, 0.3) is 0 Å². The van der Waals surface area contributed by atoms with Crippen molar-refractivity contribution in [2.45, 2.75) is 33.2 Å². The van der Waals surface area contributed by atoms with E-state index in [0.29, 0.717) is 37.9 Å². The van der Waals surface area contributed by atoms with Crippen LogP contribution in [0.2, 0.25) is 0 Å². The molecular weight excluding hydrogens is 332 g/mol.